The molecule has 1 aliphatic heterocycles. The molecule has 1 atom stereocenters. The van der Waals surface area contributed by atoms with Crippen molar-refractivity contribution in [2.75, 3.05) is 12.0 Å². The molecule has 11 heteroatoms. The number of hydrogen-bond donors (Lipinski definition) is 1. The number of carbonyl (C=O) groups is 2. The number of aromatic nitrogens is 3. The lowest BCUT2D eigenvalue weighted by Gasteiger charge is -2.23. The standard InChI is InChI=1S/C37H28N4O5S2/c1-45-30-20-26(14-15-29(30)46-21-23-8-3-2-4-9-23)32-31(33(42)25-16-18-38-19-17-25)34(43)35(44)41(32)36-39-40-37(48-36)47-22-27-12-7-11-24-10-5-6-13-28(24)27/h2-20,32,42H,21-22H2,1H3. The molecule has 48 heavy (non-hydrogen) atoms. The predicted molar refractivity (Wildman–Crippen MR) is 186 cm³/mol. The number of pyridine rings is 1. The molecule has 1 unspecified atom stereocenters. The first-order chi connectivity index (χ1) is 23.5. The van der Waals surface area contributed by atoms with Crippen molar-refractivity contribution in [3.8, 4) is 11.5 Å². The highest BCUT2D eigenvalue weighted by Gasteiger charge is 2.48. The molecule has 0 radical (unpaired) electrons. The van der Waals surface area contributed by atoms with E-state index >= 15 is 0 Å². The Kier molecular flexibility index (Phi) is 8.87. The fourth-order valence-electron chi connectivity index (χ4n) is 5.64. The number of carbonyl (C=O) groups excluding carboxylic acids is 2. The van der Waals surface area contributed by atoms with E-state index < -0.39 is 17.7 Å². The number of hydrogen-bond acceptors (Lipinski definition) is 10. The van der Waals surface area contributed by atoms with Crippen molar-refractivity contribution in [2.24, 2.45) is 0 Å². The number of nitrogens with zero attached hydrogens (tertiary/aromatic N) is 4. The van der Waals surface area contributed by atoms with Gasteiger partial charge < -0.3 is 14.6 Å². The van der Waals surface area contributed by atoms with Crippen LogP contribution in [-0.4, -0.2) is 39.1 Å². The van der Waals surface area contributed by atoms with E-state index in [-0.39, 0.29) is 16.5 Å². The van der Waals surface area contributed by atoms with Gasteiger partial charge in [0, 0.05) is 23.7 Å². The molecule has 9 nitrogen and oxygen atoms in total. The summed E-state index contributed by atoms with van der Waals surface area (Å²) in [6.45, 7) is 0.320. The lowest BCUT2D eigenvalue weighted by molar-refractivity contribution is -0.132. The average molecular weight is 673 g/mol. The molecule has 1 N–H and O–H groups in total. The van der Waals surface area contributed by atoms with Crippen LogP contribution in [0.1, 0.15) is 28.3 Å². The molecule has 3 heterocycles. The molecule has 6 aromatic rings. The van der Waals surface area contributed by atoms with Crippen LogP contribution in [0, 0.1) is 0 Å². The van der Waals surface area contributed by atoms with Crippen LogP contribution in [0.3, 0.4) is 0 Å². The summed E-state index contributed by atoms with van der Waals surface area (Å²) in [4.78, 5) is 32.7. The Labute approximate surface area is 284 Å². The molecule has 7 rings (SSSR count). The molecule has 2 aromatic heterocycles. The zero-order valence-electron chi connectivity index (χ0n) is 25.6. The van der Waals surface area contributed by atoms with Crippen LogP contribution in [0.25, 0.3) is 16.5 Å². The highest BCUT2D eigenvalue weighted by molar-refractivity contribution is 8.00. The topological polar surface area (TPSA) is 115 Å². The van der Waals surface area contributed by atoms with E-state index in [1.54, 1.807) is 30.3 Å². The van der Waals surface area contributed by atoms with Crippen LogP contribution in [0.2, 0.25) is 0 Å². The fraction of sp³-hybridized carbons (Fsp3) is 0.108. The summed E-state index contributed by atoms with van der Waals surface area (Å²) in [5, 5.41) is 22.7. The van der Waals surface area contributed by atoms with Gasteiger partial charge in [-0.3, -0.25) is 19.5 Å². The minimum Gasteiger partial charge on any atom is -0.507 e. The molecule has 1 saturated heterocycles. The number of ketones is 1. The summed E-state index contributed by atoms with van der Waals surface area (Å²) in [6.07, 6.45) is 3.01. The Balaban J connectivity index is 1.24. The largest absolute Gasteiger partial charge is 0.507 e. The van der Waals surface area contributed by atoms with Gasteiger partial charge in [0.1, 0.15) is 12.4 Å². The maximum atomic E-state index is 13.7. The van der Waals surface area contributed by atoms with E-state index in [1.165, 1.54) is 47.5 Å². The number of aliphatic hydroxyl groups excluding tert-OH is 1. The van der Waals surface area contributed by atoms with Crippen molar-refractivity contribution >= 4 is 56.5 Å². The normalized spacial score (nSPS) is 15.6. The van der Waals surface area contributed by atoms with Gasteiger partial charge in [0.05, 0.1) is 18.7 Å². The predicted octanol–water partition coefficient (Wildman–Crippen LogP) is 7.59. The summed E-state index contributed by atoms with van der Waals surface area (Å²) in [7, 11) is 1.52. The van der Waals surface area contributed by atoms with Crippen LogP contribution in [0.4, 0.5) is 5.13 Å². The van der Waals surface area contributed by atoms with E-state index in [0.717, 1.165) is 21.9 Å². The van der Waals surface area contributed by atoms with Crippen LogP contribution in [0.15, 0.2) is 125 Å². The Hall–Kier alpha value is -5.52. The second-order valence-electron chi connectivity index (χ2n) is 10.9. The summed E-state index contributed by atoms with van der Waals surface area (Å²) >= 11 is 2.71. The monoisotopic (exact) mass is 672 g/mol. The van der Waals surface area contributed by atoms with Crippen LogP contribution in [0.5, 0.6) is 11.5 Å². The van der Waals surface area contributed by atoms with E-state index in [0.29, 0.717) is 39.3 Å². The minimum atomic E-state index is -1.01. The van der Waals surface area contributed by atoms with Crippen molar-refractivity contribution < 1.29 is 24.2 Å². The van der Waals surface area contributed by atoms with Gasteiger partial charge in [0.2, 0.25) is 5.13 Å². The number of anilines is 1. The van der Waals surface area contributed by atoms with Gasteiger partial charge in [-0.05, 0) is 51.7 Å². The SMILES string of the molecule is COc1cc(C2C(=C(O)c3ccncc3)C(=O)C(=O)N2c2nnc(SCc3cccc4ccccc34)s2)ccc1OCc1ccccc1. The first-order valence-electron chi connectivity index (χ1n) is 15.0. The van der Waals surface area contributed by atoms with E-state index in [2.05, 4.69) is 39.4 Å². The molecule has 4 aromatic carbocycles. The molecule has 1 fully saturated rings. The van der Waals surface area contributed by atoms with E-state index in [4.69, 9.17) is 9.47 Å². The third-order valence-corrected chi connectivity index (χ3v) is 10.1. The number of aliphatic hydroxyl groups is 1. The maximum absolute atomic E-state index is 13.7. The highest BCUT2D eigenvalue weighted by atomic mass is 32.2. The highest BCUT2D eigenvalue weighted by Crippen LogP contribution is 2.45. The molecular weight excluding hydrogens is 645 g/mol. The Bertz CT molecular complexity index is 2150. The number of amides is 1. The quantitative estimate of drug-likeness (QED) is 0.0517. The third-order valence-electron chi connectivity index (χ3n) is 7.97. The van der Waals surface area contributed by atoms with Crippen molar-refractivity contribution in [3.05, 3.63) is 143 Å². The number of rotatable bonds is 10. The summed E-state index contributed by atoms with van der Waals surface area (Å²) in [5.74, 6) is -0.442. The first-order valence-corrected chi connectivity index (χ1v) is 16.8. The van der Waals surface area contributed by atoms with Crippen LogP contribution >= 0.6 is 23.1 Å². The first kappa shape index (κ1) is 31.1. The van der Waals surface area contributed by atoms with Gasteiger partial charge in [-0.2, -0.15) is 0 Å². The smallest absolute Gasteiger partial charge is 0.301 e. The van der Waals surface area contributed by atoms with Crippen molar-refractivity contribution in [1.82, 2.24) is 15.2 Å². The average Bonchev–Trinajstić information content (AvgIpc) is 3.71. The lowest BCUT2D eigenvalue weighted by Crippen LogP contribution is -2.29. The number of methoxy groups -OCH3 is 1. The van der Waals surface area contributed by atoms with Crippen molar-refractivity contribution in [2.45, 2.75) is 22.7 Å². The molecule has 238 valence electrons. The molecule has 0 spiro atoms. The Morgan fingerprint density at radius 3 is 2.48 bits per heavy atom. The molecule has 0 saturated carbocycles. The van der Waals surface area contributed by atoms with Gasteiger partial charge in [0.25, 0.3) is 5.78 Å². The second-order valence-corrected chi connectivity index (χ2v) is 13.0. The summed E-state index contributed by atoms with van der Waals surface area (Å²) in [5.41, 5.74) is 2.93. The van der Waals surface area contributed by atoms with Crippen molar-refractivity contribution in [3.63, 3.8) is 0 Å². The molecule has 0 bridgehead atoms. The Morgan fingerprint density at radius 2 is 1.67 bits per heavy atom. The maximum Gasteiger partial charge on any atom is 0.301 e. The zero-order chi connectivity index (χ0) is 33.0. The molecular formula is C37H28N4O5S2. The molecule has 1 amide bonds. The number of fused-ring (bicyclic) bond motifs is 1. The Morgan fingerprint density at radius 1 is 0.896 bits per heavy atom. The van der Waals surface area contributed by atoms with Gasteiger partial charge in [-0.1, -0.05) is 102 Å². The van der Waals surface area contributed by atoms with Crippen molar-refractivity contribution in [1.29, 1.82) is 0 Å². The summed E-state index contributed by atoms with van der Waals surface area (Å²) < 4.78 is 12.4. The van der Waals surface area contributed by atoms with E-state index in [1.807, 2.05) is 48.5 Å². The van der Waals surface area contributed by atoms with Gasteiger partial charge in [-0.25, -0.2) is 0 Å². The van der Waals surface area contributed by atoms with Crippen LogP contribution in [-0.2, 0) is 21.9 Å². The van der Waals surface area contributed by atoms with Gasteiger partial charge >= 0.3 is 5.91 Å². The molecule has 0 aliphatic carbocycles. The fourth-order valence-corrected chi connectivity index (χ4v) is 7.51. The van der Waals surface area contributed by atoms with Gasteiger partial charge in [-0.15, -0.1) is 10.2 Å². The van der Waals surface area contributed by atoms with Gasteiger partial charge in [0.15, 0.2) is 15.8 Å². The zero-order valence-corrected chi connectivity index (χ0v) is 27.3. The lowest BCUT2D eigenvalue weighted by atomic mass is 9.95. The number of Topliss-reactive ketones (excluding diaryl/α,β-unsaturated/α-hetero) is 1. The second kappa shape index (κ2) is 13.7. The summed E-state index contributed by atoms with van der Waals surface area (Å²) in [6, 6.07) is 31.4. The van der Waals surface area contributed by atoms with Crippen LogP contribution < -0.4 is 14.4 Å². The minimum absolute atomic E-state index is 0.0774. The number of benzene rings is 4. The third kappa shape index (κ3) is 6.13. The molecule has 1 aliphatic rings. The number of thioether (sulfide) groups is 1. The van der Waals surface area contributed by atoms with E-state index in [9.17, 15) is 14.7 Å². The number of ether oxygens (including phenoxy) is 2.